The van der Waals surface area contributed by atoms with Crippen LogP contribution >= 0.6 is 0 Å². The SMILES string of the molecule is COCCn1c(N)c(N2CCC(O)C(C)C2)c(=O)[nH]c1=O. The number of rotatable bonds is 4. The second kappa shape index (κ2) is 6.31. The van der Waals surface area contributed by atoms with Gasteiger partial charge in [-0.25, -0.2) is 4.79 Å². The highest BCUT2D eigenvalue weighted by Gasteiger charge is 2.28. The number of piperidine rings is 1. The van der Waals surface area contributed by atoms with Crippen molar-refractivity contribution in [2.24, 2.45) is 5.92 Å². The number of nitrogens with two attached hydrogens (primary N) is 1. The number of nitrogens with zero attached hydrogens (tertiary/aromatic N) is 2. The maximum absolute atomic E-state index is 12.1. The molecule has 0 amide bonds. The van der Waals surface area contributed by atoms with Crippen LogP contribution in [0.4, 0.5) is 11.5 Å². The average molecular weight is 298 g/mol. The van der Waals surface area contributed by atoms with Crippen molar-refractivity contribution in [1.82, 2.24) is 9.55 Å². The summed E-state index contributed by atoms with van der Waals surface area (Å²) in [4.78, 5) is 28.0. The van der Waals surface area contributed by atoms with E-state index in [1.165, 1.54) is 11.7 Å². The second-order valence-electron chi connectivity index (χ2n) is 5.42. The predicted octanol–water partition coefficient (Wildman–Crippen LogP) is -1.03. The van der Waals surface area contributed by atoms with Gasteiger partial charge in [0.25, 0.3) is 5.56 Å². The summed E-state index contributed by atoms with van der Waals surface area (Å²) < 4.78 is 6.25. The zero-order valence-corrected chi connectivity index (χ0v) is 12.3. The minimum atomic E-state index is -0.539. The molecule has 21 heavy (non-hydrogen) atoms. The molecule has 0 saturated carbocycles. The summed E-state index contributed by atoms with van der Waals surface area (Å²) in [5, 5.41) is 9.78. The molecule has 1 aliphatic rings. The normalized spacial score (nSPS) is 22.5. The molecule has 2 atom stereocenters. The highest BCUT2D eigenvalue weighted by Crippen LogP contribution is 2.24. The lowest BCUT2D eigenvalue weighted by Crippen LogP contribution is -2.46. The first-order valence-corrected chi connectivity index (χ1v) is 7.00. The lowest BCUT2D eigenvalue weighted by Gasteiger charge is -2.36. The number of anilines is 2. The molecule has 8 heteroatoms. The summed E-state index contributed by atoms with van der Waals surface area (Å²) in [5.41, 5.74) is 5.29. The molecular weight excluding hydrogens is 276 g/mol. The zero-order valence-electron chi connectivity index (χ0n) is 12.3. The van der Waals surface area contributed by atoms with Gasteiger partial charge in [-0.1, -0.05) is 6.92 Å². The van der Waals surface area contributed by atoms with Gasteiger partial charge in [-0.2, -0.15) is 0 Å². The molecule has 1 fully saturated rings. The van der Waals surface area contributed by atoms with Crippen molar-refractivity contribution in [2.45, 2.75) is 26.0 Å². The summed E-state index contributed by atoms with van der Waals surface area (Å²) in [7, 11) is 1.53. The molecule has 1 aliphatic heterocycles. The smallest absolute Gasteiger partial charge is 0.330 e. The van der Waals surface area contributed by atoms with Gasteiger partial charge in [0.15, 0.2) is 0 Å². The van der Waals surface area contributed by atoms with Crippen molar-refractivity contribution in [3.05, 3.63) is 20.8 Å². The van der Waals surface area contributed by atoms with Crippen molar-refractivity contribution in [3.63, 3.8) is 0 Å². The minimum Gasteiger partial charge on any atom is -0.393 e. The van der Waals surface area contributed by atoms with Crippen LogP contribution in [-0.2, 0) is 11.3 Å². The molecule has 8 nitrogen and oxygen atoms in total. The Morgan fingerprint density at radius 2 is 2.19 bits per heavy atom. The van der Waals surface area contributed by atoms with Crippen molar-refractivity contribution in [2.75, 3.05) is 37.4 Å². The Morgan fingerprint density at radius 3 is 2.81 bits per heavy atom. The number of aromatic nitrogens is 2. The Kier molecular flexibility index (Phi) is 4.69. The number of hydrogen-bond donors (Lipinski definition) is 3. The molecule has 2 heterocycles. The van der Waals surface area contributed by atoms with E-state index in [1.807, 2.05) is 11.8 Å². The number of hydrogen-bond acceptors (Lipinski definition) is 6. The van der Waals surface area contributed by atoms with Crippen LogP contribution < -0.4 is 21.9 Å². The van der Waals surface area contributed by atoms with Gasteiger partial charge in [0, 0.05) is 20.2 Å². The van der Waals surface area contributed by atoms with E-state index in [0.717, 1.165) is 0 Å². The number of nitrogen functional groups attached to an aromatic ring is 1. The molecule has 0 bridgehead atoms. The monoisotopic (exact) mass is 298 g/mol. The highest BCUT2D eigenvalue weighted by molar-refractivity contribution is 5.62. The average Bonchev–Trinajstić information content (AvgIpc) is 2.42. The van der Waals surface area contributed by atoms with Gasteiger partial charge in [0.2, 0.25) is 0 Å². The fourth-order valence-corrected chi connectivity index (χ4v) is 2.62. The van der Waals surface area contributed by atoms with Gasteiger partial charge in [0.05, 0.1) is 19.3 Å². The molecular formula is C13H22N4O4. The molecule has 1 aromatic rings. The maximum atomic E-state index is 12.1. The molecule has 0 spiro atoms. The summed E-state index contributed by atoms with van der Waals surface area (Å²) in [5.74, 6) is 0.182. The Balaban J connectivity index is 2.39. The molecule has 118 valence electrons. The third kappa shape index (κ3) is 3.11. The quantitative estimate of drug-likeness (QED) is 0.655. The predicted molar refractivity (Wildman–Crippen MR) is 79.6 cm³/mol. The molecule has 2 rings (SSSR count). The standard InChI is InChI=1S/C13H22N4O4/c1-8-7-16(4-3-9(8)18)10-11(14)17(5-6-21-2)13(20)15-12(10)19/h8-9,18H,3-7,14H2,1-2H3,(H,15,19,20). The van der Waals surface area contributed by atoms with Crippen LogP contribution in [0.1, 0.15) is 13.3 Å². The van der Waals surface area contributed by atoms with E-state index in [9.17, 15) is 14.7 Å². The van der Waals surface area contributed by atoms with E-state index >= 15 is 0 Å². The van der Waals surface area contributed by atoms with Gasteiger partial charge in [0.1, 0.15) is 11.5 Å². The summed E-state index contributed by atoms with van der Waals surface area (Å²) in [6.45, 7) is 3.57. The molecule has 0 aromatic carbocycles. The van der Waals surface area contributed by atoms with Crippen LogP contribution in [0.25, 0.3) is 0 Å². The van der Waals surface area contributed by atoms with Crippen LogP contribution in [-0.4, -0.2) is 47.6 Å². The highest BCUT2D eigenvalue weighted by atomic mass is 16.5. The molecule has 0 radical (unpaired) electrons. The van der Waals surface area contributed by atoms with E-state index in [1.54, 1.807) is 0 Å². The fraction of sp³-hybridized carbons (Fsp3) is 0.692. The van der Waals surface area contributed by atoms with E-state index in [4.69, 9.17) is 10.5 Å². The van der Waals surface area contributed by atoms with Crippen LogP contribution in [0.5, 0.6) is 0 Å². The lowest BCUT2D eigenvalue weighted by atomic mass is 9.96. The number of aliphatic hydroxyl groups excluding tert-OH is 1. The van der Waals surface area contributed by atoms with Crippen LogP contribution in [0, 0.1) is 5.92 Å². The Bertz CT molecular complexity index is 609. The van der Waals surface area contributed by atoms with Crippen LogP contribution in [0.2, 0.25) is 0 Å². The van der Waals surface area contributed by atoms with Gasteiger partial charge in [-0.3, -0.25) is 14.3 Å². The number of aromatic amines is 1. The zero-order chi connectivity index (χ0) is 15.6. The van der Waals surface area contributed by atoms with Gasteiger partial charge in [-0.05, 0) is 12.3 Å². The third-order valence-electron chi connectivity index (χ3n) is 3.91. The first kappa shape index (κ1) is 15.6. The van der Waals surface area contributed by atoms with Gasteiger partial charge < -0.3 is 20.5 Å². The lowest BCUT2D eigenvalue weighted by molar-refractivity contribution is 0.0970. The minimum absolute atomic E-state index is 0.0388. The summed E-state index contributed by atoms with van der Waals surface area (Å²) >= 11 is 0. The molecule has 4 N–H and O–H groups in total. The van der Waals surface area contributed by atoms with E-state index in [-0.39, 0.29) is 24.4 Å². The van der Waals surface area contributed by atoms with Crippen molar-refractivity contribution in [3.8, 4) is 0 Å². The van der Waals surface area contributed by atoms with E-state index in [2.05, 4.69) is 4.98 Å². The molecule has 1 saturated heterocycles. The summed E-state index contributed by atoms with van der Waals surface area (Å²) in [6.07, 6.45) is 0.193. The Morgan fingerprint density at radius 1 is 1.48 bits per heavy atom. The van der Waals surface area contributed by atoms with Crippen molar-refractivity contribution >= 4 is 11.5 Å². The fourth-order valence-electron chi connectivity index (χ4n) is 2.62. The molecule has 0 aliphatic carbocycles. The van der Waals surface area contributed by atoms with E-state index in [0.29, 0.717) is 31.8 Å². The topological polar surface area (TPSA) is 114 Å². The Hall–Kier alpha value is -1.80. The Labute approximate surface area is 122 Å². The van der Waals surface area contributed by atoms with Crippen molar-refractivity contribution in [1.29, 1.82) is 0 Å². The number of aliphatic hydroxyl groups is 1. The number of H-pyrrole nitrogens is 1. The third-order valence-corrected chi connectivity index (χ3v) is 3.91. The summed E-state index contributed by atoms with van der Waals surface area (Å²) in [6, 6.07) is 0. The molecule has 2 unspecified atom stereocenters. The maximum Gasteiger partial charge on any atom is 0.330 e. The van der Waals surface area contributed by atoms with E-state index < -0.39 is 11.2 Å². The van der Waals surface area contributed by atoms with Gasteiger partial charge in [-0.15, -0.1) is 0 Å². The first-order chi connectivity index (χ1) is 9.95. The number of ether oxygens (including phenoxy) is 1. The molecule has 1 aromatic heterocycles. The van der Waals surface area contributed by atoms with Crippen LogP contribution in [0.3, 0.4) is 0 Å². The van der Waals surface area contributed by atoms with Gasteiger partial charge >= 0.3 is 5.69 Å². The van der Waals surface area contributed by atoms with Crippen molar-refractivity contribution < 1.29 is 9.84 Å². The number of nitrogens with one attached hydrogen (secondary N) is 1. The largest absolute Gasteiger partial charge is 0.393 e. The van der Waals surface area contributed by atoms with Crippen LogP contribution in [0.15, 0.2) is 9.59 Å². The second-order valence-corrected chi connectivity index (χ2v) is 5.42. The number of methoxy groups -OCH3 is 1. The first-order valence-electron chi connectivity index (χ1n) is 7.00.